The lowest BCUT2D eigenvalue weighted by atomic mass is 10.6. The third-order valence-electron chi connectivity index (χ3n) is 0.715. The summed E-state index contributed by atoms with van der Waals surface area (Å²) in [7, 11) is 0. The van der Waals surface area contributed by atoms with Crippen LogP contribution in [0.4, 0.5) is 0 Å². The Morgan fingerprint density at radius 3 is 2.56 bits per heavy atom. The minimum atomic E-state index is -0.0448. The second-order valence-electron chi connectivity index (χ2n) is 1.34. The first-order valence-electron chi connectivity index (χ1n) is 2.10. The molecule has 0 bridgehead atoms. The van der Waals surface area contributed by atoms with E-state index < -0.39 is 0 Å². The number of nitrogens with zero attached hydrogens (tertiary/aromatic N) is 2. The van der Waals surface area contributed by atoms with Gasteiger partial charge in [-0.25, -0.2) is 4.98 Å². The molecule has 0 radical (unpaired) electrons. The Kier molecular flexibility index (Phi) is 1.73. The fourth-order valence-electron chi connectivity index (χ4n) is 0.346. The molecule has 0 aliphatic carbocycles. The van der Waals surface area contributed by atoms with Gasteiger partial charge in [0.15, 0.2) is 5.02 Å². The van der Waals surface area contributed by atoms with Crippen molar-refractivity contribution in [1.82, 2.24) is 9.97 Å². The number of hydrogen-bond acceptors (Lipinski definition) is 2. The third kappa shape index (κ3) is 1.43. The highest BCUT2D eigenvalue weighted by atomic mass is 35.5. The van der Waals surface area contributed by atoms with Gasteiger partial charge in [0.1, 0.15) is 0 Å². The average molecular weight is 166 g/mol. The van der Waals surface area contributed by atoms with E-state index in [1.165, 1.54) is 6.20 Å². The van der Waals surface area contributed by atoms with Gasteiger partial charge >= 0.3 is 5.88 Å². The second kappa shape index (κ2) is 2.37. The quantitative estimate of drug-likeness (QED) is 0.429. The van der Waals surface area contributed by atoms with E-state index in [9.17, 15) is 0 Å². The van der Waals surface area contributed by atoms with Gasteiger partial charge in [0, 0.05) is 0 Å². The third-order valence-corrected chi connectivity index (χ3v) is 1.17. The molecule has 0 aliphatic rings. The van der Waals surface area contributed by atoms with E-state index in [1.807, 2.05) is 0 Å². The van der Waals surface area contributed by atoms with Crippen LogP contribution < -0.4 is 0 Å². The van der Waals surface area contributed by atoms with Gasteiger partial charge in [-0.15, -0.1) is 4.98 Å². The van der Waals surface area contributed by atoms with Gasteiger partial charge in [0.2, 0.25) is 5.28 Å². The molecule has 0 aliphatic heterocycles. The van der Waals surface area contributed by atoms with Gasteiger partial charge in [-0.3, -0.25) is 0 Å². The Morgan fingerprint density at radius 2 is 2.11 bits per heavy atom. The lowest BCUT2D eigenvalue weighted by Crippen LogP contribution is -1.80. The molecule has 0 amide bonds. The minimum absolute atomic E-state index is 0.0448. The molecule has 0 saturated carbocycles. The molecule has 0 unspecified atom stereocenters. The monoisotopic (exact) mass is 165 g/mol. The number of aromatic nitrogens is 2. The molecule has 1 aromatic rings. The van der Waals surface area contributed by atoms with Crippen LogP contribution in [0.25, 0.3) is 0 Å². The SMILES string of the molecule is [OH2+]c1nc(Cl)ncc1Cl. The maximum absolute atomic E-state index is 6.99. The van der Waals surface area contributed by atoms with Crippen LogP contribution >= 0.6 is 23.2 Å². The molecule has 0 saturated heterocycles. The van der Waals surface area contributed by atoms with E-state index in [4.69, 9.17) is 28.3 Å². The van der Waals surface area contributed by atoms with Gasteiger partial charge in [-0.05, 0) is 11.6 Å². The topological polar surface area (TPSA) is 48.7 Å². The van der Waals surface area contributed by atoms with Crippen LogP contribution in [0.15, 0.2) is 6.20 Å². The van der Waals surface area contributed by atoms with Crippen molar-refractivity contribution >= 4 is 23.2 Å². The Labute approximate surface area is 61.3 Å². The summed E-state index contributed by atoms with van der Waals surface area (Å²) in [5.41, 5.74) is 0. The van der Waals surface area contributed by atoms with E-state index in [-0.39, 0.29) is 16.2 Å². The smallest absolute Gasteiger partial charge is 0.380 e. The molecular weight excluding hydrogens is 163 g/mol. The van der Waals surface area contributed by atoms with Gasteiger partial charge in [-0.2, -0.15) is 0 Å². The van der Waals surface area contributed by atoms with Crippen LogP contribution in [0.3, 0.4) is 0 Å². The van der Waals surface area contributed by atoms with Crippen molar-refractivity contribution in [2.75, 3.05) is 0 Å². The molecular formula is C4H3Cl2N2O+. The summed E-state index contributed by atoms with van der Waals surface area (Å²) in [5, 5.41) is 7.25. The number of rotatable bonds is 0. The Balaban J connectivity index is 3.17. The predicted octanol–water partition coefficient (Wildman–Crippen LogP) is 1.22. The first-order chi connectivity index (χ1) is 4.20. The Hall–Kier alpha value is -0.540. The summed E-state index contributed by atoms with van der Waals surface area (Å²) in [6.45, 7) is 0. The fourth-order valence-corrected chi connectivity index (χ4v) is 0.570. The van der Waals surface area contributed by atoms with Gasteiger partial charge < -0.3 is 5.11 Å². The van der Waals surface area contributed by atoms with Crippen molar-refractivity contribution in [3.05, 3.63) is 16.5 Å². The van der Waals surface area contributed by atoms with Crippen molar-refractivity contribution in [2.24, 2.45) is 0 Å². The fraction of sp³-hybridized carbons (Fsp3) is 0. The Bertz CT molecular complexity index is 228. The highest BCUT2D eigenvalue weighted by Gasteiger charge is 2.04. The van der Waals surface area contributed by atoms with Crippen molar-refractivity contribution in [3.8, 4) is 5.88 Å². The van der Waals surface area contributed by atoms with Crippen LogP contribution in [0.2, 0.25) is 10.3 Å². The van der Waals surface area contributed by atoms with Gasteiger partial charge in [0.25, 0.3) is 0 Å². The molecule has 48 valence electrons. The van der Waals surface area contributed by atoms with Crippen LogP contribution in [-0.4, -0.2) is 15.1 Å². The standard InChI is InChI=1S/C4H2Cl2N2O/c5-2-1-7-4(6)8-3(2)9/h1H,(H,7,8,9)/p+1. The van der Waals surface area contributed by atoms with Crippen LogP contribution in [-0.2, 0) is 0 Å². The Morgan fingerprint density at radius 1 is 1.44 bits per heavy atom. The van der Waals surface area contributed by atoms with E-state index in [0.717, 1.165) is 0 Å². The zero-order valence-corrected chi connectivity index (χ0v) is 5.74. The van der Waals surface area contributed by atoms with Gasteiger partial charge in [0.05, 0.1) is 6.20 Å². The summed E-state index contributed by atoms with van der Waals surface area (Å²) in [6, 6.07) is 0. The van der Waals surface area contributed by atoms with Crippen LogP contribution in [0.5, 0.6) is 5.88 Å². The average Bonchev–Trinajstić information content (AvgIpc) is 1.80. The van der Waals surface area contributed by atoms with Crippen molar-refractivity contribution in [2.45, 2.75) is 0 Å². The molecule has 0 spiro atoms. The highest BCUT2D eigenvalue weighted by Crippen LogP contribution is 2.19. The molecule has 5 heteroatoms. The van der Waals surface area contributed by atoms with Crippen molar-refractivity contribution in [3.63, 3.8) is 0 Å². The van der Waals surface area contributed by atoms with Crippen molar-refractivity contribution < 1.29 is 5.11 Å². The second-order valence-corrected chi connectivity index (χ2v) is 2.08. The molecule has 0 atom stereocenters. The molecule has 1 aromatic heterocycles. The number of hydrogen-bond donors (Lipinski definition) is 0. The van der Waals surface area contributed by atoms with E-state index >= 15 is 0 Å². The summed E-state index contributed by atoms with van der Waals surface area (Å²) in [5.74, 6) is -0.0448. The lowest BCUT2D eigenvalue weighted by Gasteiger charge is -1.88. The normalized spacial score (nSPS) is 9.56. The van der Waals surface area contributed by atoms with E-state index in [1.54, 1.807) is 0 Å². The zero-order chi connectivity index (χ0) is 6.85. The molecule has 2 N–H and O–H groups in total. The molecule has 9 heavy (non-hydrogen) atoms. The summed E-state index contributed by atoms with van der Waals surface area (Å²) >= 11 is 10.7. The van der Waals surface area contributed by atoms with Crippen molar-refractivity contribution in [1.29, 1.82) is 0 Å². The maximum Gasteiger partial charge on any atom is 0.380 e. The van der Waals surface area contributed by atoms with Crippen LogP contribution in [0.1, 0.15) is 0 Å². The predicted molar refractivity (Wildman–Crippen MR) is 35.1 cm³/mol. The summed E-state index contributed by atoms with van der Waals surface area (Å²) < 4.78 is 0. The summed E-state index contributed by atoms with van der Waals surface area (Å²) in [4.78, 5) is 7.00. The zero-order valence-electron chi connectivity index (χ0n) is 4.23. The lowest BCUT2D eigenvalue weighted by molar-refractivity contribution is 0.452. The van der Waals surface area contributed by atoms with Gasteiger partial charge in [-0.1, -0.05) is 11.6 Å². The largest absolute Gasteiger partial charge is 0.578 e. The van der Waals surface area contributed by atoms with E-state index in [2.05, 4.69) is 9.97 Å². The minimum Gasteiger partial charge on any atom is -0.578 e. The van der Waals surface area contributed by atoms with E-state index in [0.29, 0.717) is 0 Å². The van der Waals surface area contributed by atoms with Crippen LogP contribution in [0, 0.1) is 0 Å². The highest BCUT2D eigenvalue weighted by molar-refractivity contribution is 6.32. The molecule has 3 nitrogen and oxygen atoms in total. The summed E-state index contributed by atoms with van der Waals surface area (Å²) in [6.07, 6.45) is 1.29. The molecule has 1 rings (SSSR count). The molecule has 0 fully saturated rings. The first-order valence-corrected chi connectivity index (χ1v) is 2.85. The molecule has 1 heterocycles. The first kappa shape index (κ1) is 6.58. The maximum atomic E-state index is 6.99. The number of halogens is 2. The molecule has 0 aromatic carbocycles.